The van der Waals surface area contributed by atoms with Gasteiger partial charge in [0, 0.05) is 80.6 Å². The van der Waals surface area contributed by atoms with Gasteiger partial charge in [0.25, 0.3) is 0 Å². The Morgan fingerprint density at radius 1 is 0.300 bits per heavy atom. The third-order valence-corrected chi connectivity index (χ3v) is 17.2. The average molecular weight is 1180 g/mol. The molecule has 20 rings (SSSR count). The second kappa shape index (κ2) is 21.9. The molecular formula is C76H48N12OS. The smallest absolute Gasteiger partial charge is 0.248 e. The van der Waals surface area contributed by atoms with E-state index in [1.807, 2.05) is 140 Å². The maximum atomic E-state index is 5.79. The van der Waals surface area contributed by atoms with Crippen molar-refractivity contribution < 1.29 is 4.42 Å². The Hall–Kier alpha value is -12.3. The van der Waals surface area contributed by atoms with Gasteiger partial charge in [-0.25, -0.2) is 28.0 Å². The van der Waals surface area contributed by atoms with Crippen molar-refractivity contribution in [2.75, 3.05) is 0 Å². The van der Waals surface area contributed by atoms with E-state index < -0.39 is 0 Å². The van der Waals surface area contributed by atoms with Gasteiger partial charge in [0.1, 0.15) is 21.9 Å². The molecule has 0 radical (unpaired) electrons. The Morgan fingerprint density at radius 2 is 0.756 bits per heavy atom. The second-order valence-corrected chi connectivity index (χ2v) is 23.0. The Morgan fingerprint density at radius 3 is 1.33 bits per heavy atom. The molecule has 0 saturated heterocycles. The SMILES string of the molecule is c1ccc2cn3nc(-c4ccc5cccnc5c4)cc3cc2c1.c1ccc2cn3nc(-c4cnc5ccccc5c4)cc3cc2c1.c1ccc2cn3nc(-c4nc5ccccc5o4)cc3cc2c1.c1ccc2cn3nc(-c4nc5ccccc5s4)cc3cc2c1. The van der Waals surface area contributed by atoms with Crippen molar-refractivity contribution in [1.82, 2.24) is 58.4 Å². The monoisotopic (exact) mass is 1180 g/mol. The lowest BCUT2D eigenvalue weighted by atomic mass is 10.1. The van der Waals surface area contributed by atoms with Crippen LogP contribution in [0.1, 0.15) is 0 Å². The van der Waals surface area contributed by atoms with Crippen LogP contribution in [0.15, 0.2) is 296 Å². The minimum absolute atomic E-state index is 0.550. The number of nitrogens with zero attached hydrogens (tertiary/aromatic N) is 12. The standard InChI is InChI=1S/2C20H13N3.C18H11N3O.C18H11N3S/c1-2-7-16-13-23-18(10-14(16)5-1)11-20(22-23)17-9-15-6-3-4-8-19(15)21-12-17;1-2-5-17-13-23-18(10-15(17)4-1)12-20(22-23)16-8-7-14-6-3-9-21-19(14)11-16;2*1-2-6-13-11-21-14(9-12(13)5-1)10-16(20-21)18-19-15-7-3-4-8-17(15)22-18/h2*1-13H;2*1-11H. The van der Waals surface area contributed by atoms with Crippen LogP contribution in [-0.2, 0) is 0 Å². The molecule has 0 saturated carbocycles. The molecule has 8 aromatic carbocycles. The van der Waals surface area contributed by atoms with Gasteiger partial charge in [-0.2, -0.15) is 20.4 Å². The molecule has 0 bridgehead atoms. The van der Waals surface area contributed by atoms with Gasteiger partial charge >= 0.3 is 0 Å². The van der Waals surface area contributed by atoms with Crippen LogP contribution in [0.3, 0.4) is 0 Å². The van der Waals surface area contributed by atoms with Gasteiger partial charge in [-0.3, -0.25) is 9.97 Å². The predicted octanol–water partition coefficient (Wildman–Crippen LogP) is 18.5. The number of fused-ring (bicyclic) bond motifs is 12. The summed E-state index contributed by atoms with van der Waals surface area (Å²) in [5.74, 6) is 0.550. The predicted molar refractivity (Wildman–Crippen MR) is 364 cm³/mol. The van der Waals surface area contributed by atoms with Gasteiger partial charge in [0.05, 0.1) is 54.7 Å². The quantitative estimate of drug-likeness (QED) is 0.169. The zero-order valence-corrected chi connectivity index (χ0v) is 48.7. The summed E-state index contributed by atoms with van der Waals surface area (Å²) in [4.78, 5) is 18.2. The molecule has 0 spiro atoms. The number of hydrogen-bond acceptors (Lipinski definition) is 10. The molecule has 0 N–H and O–H groups in total. The number of rotatable bonds is 4. The van der Waals surface area contributed by atoms with Crippen molar-refractivity contribution in [3.05, 3.63) is 292 Å². The molecule has 12 aromatic heterocycles. The first-order valence-electron chi connectivity index (χ1n) is 29.4. The summed E-state index contributed by atoms with van der Waals surface area (Å²) in [6, 6.07) is 86.8. The highest BCUT2D eigenvalue weighted by Crippen LogP contribution is 2.32. The van der Waals surface area contributed by atoms with Gasteiger partial charge in [0.2, 0.25) is 5.89 Å². The molecule has 424 valence electrons. The second-order valence-electron chi connectivity index (χ2n) is 22.0. The van der Waals surface area contributed by atoms with Gasteiger partial charge in [0.15, 0.2) is 5.58 Å². The summed E-state index contributed by atoms with van der Waals surface area (Å²) in [5, 5.41) is 31.6. The van der Waals surface area contributed by atoms with Crippen LogP contribution in [0.4, 0.5) is 0 Å². The van der Waals surface area contributed by atoms with E-state index in [9.17, 15) is 0 Å². The van der Waals surface area contributed by atoms with Crippen molar-refractivity contribution in [3.63, 3.8) is 0 Å². The lowest BCUT2D eigenvalue weighted by molar-refractivity contribution is 0.615. The van der Waals surface area contributed by atoms with Gasteiger partial charge in [-0.1, -0.05) is 158 Å². The molecule has 0 unspecified atom stereocenters. The molecule has 0 fully saturated rings. The molecule has 0 atom stereocenters. The summed E-state index contributed by atoms with van der Waals surface area (Å²) in [6.07, 6.45) is 12.0. The fourth-order valence-electron chi connectivity index (χ4n) is 11.6. The highest BCUT2D eigenvalue weighted by atomic mass is 32.1. The van der Waals surface area contributed by atoms with E-state index >= 15 is 0 Å². The van der Waals surface area contributed by atoms with Crippen molar-refractivity contribution in [1.29, 1.82) is 0 Å². The lowest BCUT2D eigenvalue weighted by Crippen LogP contribution is -1.88. The van der Waals surface area contributed by atoms with Crippen molar-refractivity contribution in [2.24, 2.45) is 0 Å². The maximum absolute atomic E-state index is 5.79. The maximum Gasteiger partial charge on any atom is 0.248 e. The van der Waals surface area contributed by atoms with E-state index in [1.165, 1.54) is 42.4 Å². The van der Waals surface area contributed by atoms with Crippen LogP contribution in [0.25, 0.3) is 153 Å². The zero-order valence-electron chi connectivity index (χ0n) is 47.9. The first-order valence-corrected chi connectivity index (χ1v) is 30.2. The van der Waals surface area contributed by atoms with Crippen LogP contribution < -0.4 is 0 Å². The number of hydrogen-bond donors (Lipinski definition) is 0. The molecule has 13 nitrogen and oxygen atoms in total. The first-order chi connectivity index (χ1) is 44.5. The van der Waals surface area contributed by atoms with Crippen LogP contribution >= 0.6 is 11.3 Å². The minimum Gasteiger partial charge on any atom is -0.435 e. The Bertz CT molecular complexity index is 5460. The molecule has 0 amide bonds. The van der Waals surface area contributed by atoms with Crippen molar-refractivity contribution in [3.8, 4) is 44.8 Å². The fraction of sp³-hybridized carbons (Fsp3) is 0. The minimum atomic E-state index is 0.550. The normalized spacial score (nSPS) is 11.6. The Kier molecular flexibility index (Phi) is 12.7. The molecule has 0 aliphatic carbocycles. The van der Waals surface area contributed by atoms with Gasteiger partial charge in [-0.15, -0.1) is 11.3 Å². The highest BCUT2D eigenvalue weighted by molar-refractivity contribution is 7.21. The molecule has 0 aliphatic heterocycles. The molecule has 12 heterocycles. The summed E-state index contributed by atoms with van der Waals surface area (Å²) >= 11 is 1.68. The van der Waals surface area contributed by atoms with Crippen LogP contribution in [-0.4, -0.2) is 58.4 Å². The molecule has 0 aliphatic rings. The summed E-state index contributed by atoms with van der Waals surface area (Å²) in [6.45, 7) is 0. The van der Waals surface area contributed by atoms with E-state index in [4.69, 9.17) is 24.7 Å². The highest BCUT2D eigenvalue weighted by Gasteiger charge is 2.15. The molecule has 14 heteroatoms. The number of thiazole rings is 1. The topological polar surface area (TPSA) is 134 Å². The van der Waals surface area contributed by atoms with Crippen LogP contribution in [0.2, 0.25) is 0 Å². The number of benzene rings is 8. The zero-order chi connectivity index (χ0) is 59.5. The first kappa shape index (κ1) is 52.1. The number of oxazole rings is 1. The fourth-order valence-corrected chi connectivity index (χ4v) is 12.5. The van der Waals surface area contributed by atoms with E-state index in [0.717, 1.165) is 105 Å². The molecule has 90 heavy (non-hydrogen) atoms. The van der Waals surface area contributed by atoms with E-state index in [0.29, 0.717) is 5.89 Å². The third-order valence-electron chi connectivity index (χ3n) is 16.1. The summed E-state index contributed by atoms with van der Waals surface area (Å²) in [7, 11) is 0. The average Bonchev–Trinajstić information content (AvgIpc) is 2.53. The van der Waals surface area contributed by atoms with E-state index in [-0.39, 0.29) is 0 Å². The van der Waals surface area contributed by atoms with E-state index in [2.05, 4.69) is 190 Å². The van der Waals surface area contributed by atoms with Crippen molar-refractivity contribution >= 4 is 120 Å². The Balaban J connectivity index is 0.0000000925. The number of pyridine rings is 6. The largest absolute Gasteiger partial charge is 0.435 e. The molecule has 20 aromatic rings. The van der Waals surface area contributed by atoms with E-state index in [1.54, 1.807) is 11.3 Å². The Labute approximate surface area is 516 Å². The number of para-hydroxylation sites is 4. The van der Waals surface area contributed by atoms with Gasteiger partial charge < -0.3 is 4.42 Å². The van der Waals surface area contributed by atoms with Crippen LogP contribution in [0, 0.1) is 0 Å². The summed E-state index contributed by atoms with van der Waals surface area (Å²) in [5.41, 5.74) is 14.7. The number of aromatic nitrogens is 12. The summed E-state index contributed by atoms with van der Waals surface area (Å²) < 4.78 is 14.7. The van der Waals surface area contributed by atoms with Crippen molar-refractivity contribution in [2.45, 2.75) is 0 Å². The lowest BCUT2D eigenvalue weighted by Gasteiger charge is -1.99. The van der Waals surface area contributed by atoms with Crippen LogP contribution in [0.5, 0.6) is 0 Å². The third kappa shape index (κ3) is 10.00. The van der Waals surface area contributed by atoms with Gasteiger partial charge in [-0.05, 0) is 119 Å². The molecular weight excluding hydrogens is 1130 g/mol.